The normalized spacial score (nSPS) is 20.8. The number of hydrogen-bond donors (Lipinski definition) is 1. The van der Waals surface area contributed by atoms with Crippen LogP contribution in [0.15, 0.2) is 17.1 Å². The summed E-state index contributed by atoms with van der Waals surface area (Å²) >= 11 is 0. The fourth-order valence-corrected chi connectivity index (χ4v) is 3.88. The van der Waals surface area contributed by atoms with E-state index in [4.69, 9.17) is 14.5 Å². The number of aliphatic imine (C=N–C) groups is 1. The van der Waals surface area contributed by atoms with Gasteiger partial charge < -0.3 is 24.6 Å². The Balaban J connectivity index is 1.73. The number of likely N-dealkylation sites (tertiary alicyclic amines) is 1. The quantitative estimate of drug-likeness (QED) is 0.643. The number of nitrogens with zero attached hydrogens (tertiary/aromatic N) is 3. The third kappa shape index (κ3) is 4.23. The minimum atomic E-state index is 0.676. The van der Waals surface area contributed by atoms with Crippen LogP contribution >= 0.6 is 0 Å². The second-order valence-corrected chi connectivity index (χ2v) is 7.26. The molecule has 144 valence electrons. The standard InChI is InChI=1S/C20H32N4O2/c1-5-21-20(22-12-15-6-8-23(2)13-15)24-9-7-16-10-18(25-3)19(26-4)11-17(16)14-24/h10-11,15H,5-9,12-14H2,1-4H3,(H,21,22). The molecule has 3 rings (SSSR count). The molecule has 0 aromatic heterocycles. The molecule has 0 saturated carbocycles. The van der Waals surface area contributed by atoms with Crippen LogP contribution < -0.4 is 14.8 Å². The molecule has 6 heteroatoms. The lowest BCUT2D eigenvalue weighted by Crippen LogP contribution is -2.44. The van der Waals surface area contributed by atoms with E-state index in [1.165, 1.54) is 24.1 Å². The molecule has 26 heavy (non-hydrogen) atoms. The molecule has 1 saturated heterocycles. The van der Waals surface area contributed by atoms with Crippen molar-refractivity contribution in [2.45, 2.75) is 26.3 Å². The lowest BCUT2D eigenvalue weighted by atomic mass is 9.99. The number of hydrogen-bond acceptors (Lipinski definition) is 4. The van der Waals surface area contributed by atoms with E-state index in [2.05, 4.69) is 41.2 Å². The van der Waals surface area contributed by atoms with Crippen LogP contribution in [0.1, 0.15) is 24.5 Å². The highest BCUT2D eigenvalue weighted by Crippen LogP contribution is 2.33. The summed E-state index contributed by atoms with van der Waals surface area (Å²) in [6.45, 7) is 8.09. The minimum absolute atomic E-state index is 0.676. The Morgan fingerprint density at radius 2 is 1.92 bits per heavy atom. The number of guanidine groups is 1. The van der Waals surface area contributed by atoms with Gasteiger partial charge in [0.2, 0.25) is 0 Å². The Morgan fingerprint density at radius 3 is 2.54 bits per heavy atom. The molecular weight excluding hydrogens is 328 g/mol. The molecule has 1 N–H and O–H groups in total. The molecule has 6 nitrogen and oxygen atoms in total. The minimum Gasteiger partial charge on any atom is -0.493 e. The van der Waals surface area contributed by atoms with Crippen LogP contribution in [0.2, 0.25) is 0 Å². The van der Waals surface area contributed by atoms with Gasteiger partial charge in [0.05, 0.1) is 14.2 Å². The maximum Gasteiger partial charge on any atom is 0.194 e. The Morgan fingerprint density at radius 1 is 1.19 bits per heavy atom. The van der Waals surface area contributed by atoms with Crippen molar-refractivity contribution in [2.75, 3.05) is 54.0 Å². The predicted molar refractivity (Wildman–Crippen MR) is 105 cm³/mol. The zero-order chi connectivity index (χ0) is 18.5. The maximum absolute atomic E-state index is 5.48. The van der Waals surface area contributed by atoms with E-state index < -0.39 is 0 Å². The Kier molecular flexibility index (Phi) is 6.25. The van der Waals surface area contributed by atoms with Gasteiger partial charge in [-0.25, -0.2) is 0 Å². The molecule has 0 spiro atoms. The Hall–Kier alpha value is -1.95. The van der Waals surface area contributed by atoms with Gasteiger partial charge in [-0.1, -0.05) is 0 Å². The highest BCUT2D eigenvalue weighted by atomic mass is 16.5. The molecule has 0 amide bonds. The van der Waals surface area contributed by atoms with Crippen LogP contribution in [-0.4, -0.2) is 69.8 Å². The van der Waals surface area contributed by atoms with Crippen molar-refractivity contribution in [3.05, 3.63) is 23.3 Å². The summed E-state index contributed by atoms with van der Waals surface area (Å²) in [5.74, 6) is 3.31. The molecule has 1 aromatic rings. The number of rotatable bonds is 5. The largest absolute Gasteiger partial charge is 0.493 e. The predicted octanol–water partition coefficient (Wildman–Crippen LogP) is 1.98. The zero-order valence-electron chi connectivity index (χ0n) is 16.5. The molecule has 0 bridgehead atoms. The fourth-order valence-electron chi connectivity index (χ4n) is 3.88. The Labute approximate surface area is 157 Å². The van der Waals surface area contributed by atoms with Crippen LogP contribution in [0.5, 0.6) is 11.5 Å². The second-order valence-electron chi connectivity index (χ2n) is 7.26. The van der Waals surface area contributed by atoms with Crippen LogP contribution in [0.25, 0.3) is 0 Å². The summed E-state index contributed by atoms with van der Waals surface area (Å²) in [6.07, 6.45) is 2.24. The highest BCUT2D eigenvalue weighted by molar-refractivity contribution is 5.80. The number of nitrogens with one attached hydrogen (secondary N) is 1. The van der Waals surface area contributed by atoms with Crippen molar-refractivity contribution < 1.29 is 9.47 Å². The van der Waals surface area contributed by atoms with Crippen LogP contribution in [0.4, 0.5) is 0 Å². The lowest BCUT2D eigenvalue weighted by molar-refractivity contribution is 0.345. The maximum atomic E-state index is 5.48. The average Bonchev–Trinajstić information content (AvgIpc) is 3.08. The van der Waals surface area contributed by atoms with E-state index in [9.17, 15) is 0 Å². The van der Waals surface area contributed by atoms with Crippen LogP contribution in [0.3, 0.4) is 0 Å². The number of methoxy groups -OCH3 is 2. The molecule has 2 heterocycles. The third-order valence-electron chi connectivity index (χ3n) is 5.34. The first kappa shape index (κ1) is 18.8. The summed E-state index contributed by atoms with van der Waals surface area (Å²) in [5.41, 5.74) is 2.63. The molecule has 1 aromatic carbocycles. The zero-order valence-corrected chi connectivity index (χ0v) is 16.5. The van der Waals surface area contributed by atoms with Gasteiger partial charge in [-0.15, -0.1) is 0 Å². The van der Waals surface area contributed by atoms with Gasteiger partial charge in [0.25, 0.3) is 0 Å². The van der Waals surface area contributed by atoms with Crippen molar-refractivity contribution >= 4 is 5.96 Å². The van der Waals surface area contributed by atoms with Gasteiger partial charge in [0.15, 0.2) is 17.5 Å². The molecular formula is C20H32N4O2. The smallest absolute Gasteiger partial charge is 0.194 e. The second kappa shape index (κ2) is 8.62. The lowest BCUT2D eigenvalue weighted by Gasteiger charge is -2.32. The Bertz CT molecular complexity index is 647. The highest BCUT2D eigenvalue weighted by Gasteiger charge is 2.23. The summed E-state index contributed by atoms with van der Waals surface area (Å²) < 4.78 is 10.9. The molecule has 0 aliphatic carbocycles. The van der Waals surface area contributed by atoms with E-state index in [-0.39, 0.29) is 0 Å². The van der Waals surface area contributed by atoms with E-state index in [0.29, 0.717) is 5.92 Å². The summed E-state index contributed by atoms with van der Waals surface area (Å²) in [6, 6.07) is 4.22. The third-order valence-corrected chi connectivity index (χ3v) is 5.34. The molecule has 1 unspecified atom stereocenters. The number of fused-ring (bicyclic) bond motifs is 1. The molecule has 1 atom stereocenters. The van der Waals surface area contributed by atoms with E-state index in [1.54, 1.807) is 14.2 Å². The molecule has 2 aliphatic heterocycles. The van der Waals surface area contributed by atoms with E-state index >= 15 is 0 Å². The first-order valence-electron chi connectivity index (χ1n) is 9.60. The van der Waals surface area contributed by atoms with Crippen molar-refractivity contribution in [1.29, 1.82) is 0 Å². The van der Waals surface area contributed by atoms with E-state index in [0.717, 1.165) is 56.6 Å². The van der Waals surface area contributed by atoms with Gasteiger partial charge in [-0.05, 0) is 62.5 Å². The number of benzene rings is 1. The van der Waals surface area contributed by atoms with Gasteiger partial charge in [-0.2, -0.15) is 0 Å². The van der Waals surface area contributed by atoms with Crippen LogP contribution in [0, 0.1) is 5.92 Å². The van der Waals surface area contributed by atoms with E-state index in [1.807, 2.05) is 0 Å². The SMILES string of the molecule is CCNC(=NCC1CCN(C)C1)N1CCc2cc(OC)c(OC)cc2C1. The first-order valence-corrected chi connectivity index (χ1v) is 9.60. The van der Waals surface area contributed by atoms with Gasteiger partial charge in [-0.3, -0.25) is 4.99 Å². The first-order chi connectivity index (χ1) is 12.6. The summed E-state index contributed by atoms with van der Waals surface area (Å²) in [4.78, 5) is 9.70. The summed E-state index contributed by atoms with van der Waals surface area (Å²) in [7, 11) is 5.57. The average molecular weight is 361 g/mol. The fraction of sp³-hybridized carbons (Fsp3) is 0.650. The monoisotopic (exact) mass is 360 g/mol. The van der Waals surface area contributed by atoms with Gasteiger partial charge >= 0.3 is 0 Å². The van der Waals surface area contributed by atoms with Crippen LogP contribution in [-0.2, 0) is 13.0 Å². The van der Waals surface area contributed by atoms with Gasteiger partial charge in [0, 0.05) is 32.7 Å². The molecule has 1 fully saturated rings. The topological polar surface area (TPSA) is 49.3 Å². The summed E-state index contributed by atoms with van der Waals surface area (Å²) in [5, 5.41) is 3.48. The van der Waals surface area contributed by atoms with Crippen molar-refractivity contribution in [3.8, 4) is 11.5 Å². The van der Waals surface area contributed by atoms with Crippen molar-refractivity contribution in [2.24, 2.45) is 10.9 Å². The van der Waals surface area contributed by atoms with Gasteiger partial charge in [0.1, 0.15) is 0 Å². The number of ether oxygens (including phenoxy) is 2. The van der Waals surface area contributed by atoms with Crippen molar-refractivity contribution in [1.82, 2.24) is 15.1 Å². The molecule has 0 radical (unpaired) electrons. The van der Waals surface area contributed by atoms with Crippen molar-refractivity contribution in [3.63, 3.8) is 0 Å². The molecule has 2 aliphatic rings.